The van der Waals surface area contributed by atoms with E-state index in [-0.39, 0.29) is 5.41 Å². The van der Waals surface area contributed by atoms with Crippen LogP contribution >= 0.6 is 0 Å². The molecule has 1 aromatic carbocycles. The Balaban J connectivity index is 2.21. The molecule has 2 aromatic rings. The molecular weight excluding hydrogens is 250 g/mol. The van der Waals surface area contributed by atoms with Crippen molar-refractivity contribution in [1.82, 2.24) is 9.97 Å². The van der Waals surface area contributed by atoms with E-state index < -0.39 is 0 Å². The fraction of sp³-hybridized carbons (Fsp3) is 0.375. The SMILES string of the molecule is COc1ccc(C(C)(C)C)cc1NCc1cncnc1. The molecule has 106 valence electrons. The summed E-state index contributed by atoms with van der Waals surface area (Å²) in [4.78, 5) is 8.03. The lowest BCUT2D eigenvalue weighted by molar-refractivity contribution is 0.416. The maximum Gasteiger partial charge on any atom is 0.141 e. The van der Waals surface area contributed by atoms with Crippen molar-refractivity contribution >= 4 is 5.69 Å². The van der Waals surface area contributed by atoms with Gasteiger partial charge in [0.15, 0.2) is 0 Å². The van der Waals surface area contributed by atoms with E-state index in [1.807, 2.05) is 6.07 Å². The zero-order chi connectivity index (χ0) is 14.6. The summed E-state index contributed by atoms with van der Waals surface area (Å²) in [5.74, 6) is 0.842. The highest BCUT2D eigenvalue weighted by Crippen LogP contribution is 2.31. The molecule has 20 heavy (non-hydrogen) atoms. The van der Waals surface area contributed by atoms with Crippen LogP contribution in [0, 0.1) is 0 Å². The largest absolute Gasteiger partial charge is 0.495 e. The minimum atomic E-state index is 0.110. The highest BCUT2D eigenvalue weighted by atomic mass is 16.5. The fourth-order valence-electron chi connectivity index (χ4n) is 1.93. The summed E-state index contributed by atoms with van der Waals surface area (Å²) in [5, 5.41) is 3.39. The second-order valence-corrected chi connectivity index (χ2v) is 5.77. The van der Waals surface area contributed by atoms with E-state index in [0.29, 0.717) is 6.54 Å². The van der Waals surface area contributed by atoms with Crippen molar-refractivity contribution in [3.63, 3.8) is 0 Å². The number of rotatable bonds is 4. The molecule has 0 saturated heterocycles. The van der Waals surface area contributed by atoms with Gasteiger partial charge >= 0.3 is 0 Å². The van der Waals surface area contributed by atoms with Gasteiger partial charge in [-0.05, 0) is 23.1 Å². The first-order valence-corrected chi connectivity index (χ1v) is 6.67. The lowest BCUT2D eigenvalue weighted by atomic mass is 9.87. The standard InChI is InChI=1S/C16H21N3O/c1-16(2,3)13-5-6-15(20-4)14(7-13)19-10-12-8-17-11-18-9-12/h5-9,11,19H,10H2,1-4H3. The maximum atomic E-state index is 5.41. The van der Waals surface area contributed by atoms with Gasteiger partial charge < -0.3 is 10.1 Å². The predicted molar refractivity (Wildman–Crippen MR) is 81.1 cm³/mol. The highest BCUT2D eigenvalue weighted by molar-refractivity contribution is 5.59. The van der Waals surface area contributed by atoms with Crippen molar-refractivity contribution in [3.05, 3.63) is 48.0 Å². The first kappa shape index (κ1) is 14.3. The average Bonchev–Trinajstić information content (AvgIpc) is 2.45. The smallest absolute Gasteiger partial charge is 0.141 e. The molecule has 0 saturated carbocycles. The van der Waals surface area contributed by atoms with Crippen molar-refractivity contribution in [3.8, 4) is 5.75 Å². The normalized spacial score (nSPS) is 11.2. The van der Waals surface area contributed by atoms with Gasteiger partial charge in [0.1, 0.15) is 12.1 Å². The average molecular weight is 271 g/mol. The van der Waals surface area contributed by atoms with Crippen LogP contribution in [0.2, 0.25) is 0 Å². The summed E-state index contributed by atoms with van der Waals surface area (Å²) in [7, 11) is 1.68. The number of methoxy groups -OCH3 is 1. The van der Waals surface area contributed by atoms with Crippen LogP contribution in [0.5, 0.6) is 5.75 Å². The lowest BCUT2D eigenvalue weighted by Gasteiger charge is -2.21. The van der Waals surface area contributed by atoms with Crippen molar-refractivity contribution in [2.24, 2.45) is 0 Å². The maximum absolute atomic E-state index is 5.41. The van der Waals surface area contributed by atoms with Crippen LogP contribution in [0.3, 0.4) is 0 Å². The number of benzene rings is 1. The Morgan fingerprint density at radius 3 is 2.45 bits per heavy atom. The van der Waals surface area contributed by atoms with Crippen LogP contribution in [-0.2, 0) is 12.0 Å². The molecule has 0 radical (unpaired) electrons. The lowest BCUT2D eigenvalue weighted by Crippen LogP contribution is -2.12. The summed E-state index contributed by atoms with van der Waals surface area (Å²) in [6.07, 6.45) is 5.14. The summed E-state index contributed by atoms with van der Waals surface area (Å²) < 4.78 is 5.41. The van der Waals surface area contributed by atoms with Crippen LogP contribution < -0.4 is 10.1 Å². The first-order valence-electron chi connectivity index (χ1n) is 6.67. The minimum absolute atomic E-state index is 0.110. The quantitative estimate of drug-likeness (QED) is 0.926. The van der Waals surface area contributed by atoms with Crippen LogP contribution in [0.15, 0.2) is 36.9 Å². The molecule has 0 fully saturated rings. The number of ether oxygens (including phenoxy) is 1. The third kappa shape index (κ3) is 3.47. The van der Waals surface area contributed by atoms with E-state index in [0.717, 1.165) is 17.0 Å². The highest BCUT2D eigenvalue weighted by Gasteiger charge is 2.15. The van der Waals surface area contributed by atoms with Crippen LogP contribution in [0.4, 0.5) is 5.69 Å². The predicted octanol–water partition coefficient (Wildman–Crippen LogP) is 3.39. The van der Waals surface area contributed by atoms with Crippen molar-refractivity contribution < 1.29 is 4.74 Å². The molecule has 4 nitrogen and oxygen atoms in total. The Kier molecular flexibility index (Phi) is 4.23. The number of anilines is 1. The van der Waals surface area contributed by atoms with Gasteiger partial charge in [-0.3, -0.25) is 0 Å². The molecule has 0 amide bonds. The van der Waals surface area contributed by atoms with Crippen molar-refractivity contribution in [2.45, 2.75) is 32.7 Å². The third-order valence-electron chi connectivity index (χ3n) is 3.16. The molecule has 4 heteroatoms. The van der Waals surface area contributed by atoms with Gasteiger partial charge in [-0.15, -0.1) is 0 Å². The molecule has 0 unspecified atom stereocenters. The fourth-order valence-corrected chi connectivity index (χ4v) is 1.93. The van der Waals surface area contributed by atoms with Crippen LogP contribution in [0.25, 0.3) is 0 Å². The van der Waals surface area contributed by atoms with Gasteiger partial charge in [0.2, 0.25) is 0 Å². The summed E-state index contributed by atoms with van der Waals surface area (Å²) in [5.41, 5.74) is 3.41. The molecule has 1 N–H and O–H groups in total. The van der Waals surface area contributed by atoms with Gasteiger partial charge in [-0.2, -0.15) is 0 Å². The Morgan fingerprint density at radius 1 is 1.15 bits per heavy atom. The summed E-state index contributed by atoms with van der Waals surface area (Å²) in [6.45, 7) is 7.27. The zero-order valence-corrected chi connectivity index (χ0v) is 12.5. The molecule has 0 aliphatic carbocycles. The Morgan fingerprint density at radius 2 is 1.85 bits per heavy atom. The molecule has 1 aromatic heterocycles. The molecule has 1 heterocycles. The van der Waals surface area contributed by atoms with Crippen LogP contribution in [0.1, 0.15) is 31.9 Å². The molecule has 0 aliphatic heterocycles. The molecule has 0 bridgehead atoms. The van der Waals surface area contributed by atoms with E-state index >= 15 is 0 Å². The molecular formula is C16H21N3O. The number of hydrogen-bond donors (Lipinski definition) is 1. The van der Waals surface area contributed by atoms with E-state index in [2.05, 4.69) is 48.2 Å². The minimum Gasteiger partial charge on any atom is -0.495 e. The Bertz CT molecular complexity index is 562. The topological polar surface area (TPSA) is 47.0 Å². The van der Waals surface area contributed by atoms with E-state index in [4.69, 9.17) is 4.74 Å². The second-order valence-electron chi connectivity index (χ2n) is 5.77. The van der Waals surface area contributed by atoms with Crippen molar-refractivity contribution in [2.75, 3.05) is 12.4 Å². The molecule has 2 rings (SSSR count). The van der Waals surface area contributed by atoms with Gasteiger partial charge in [-0.1, -0.05) is 26.8 Å². The first-order chi connectivity index (χ1) is 9.50. The summed E-state index contributed by atoms with van der Waals surface area (Å²) in [6, 6.07) is 6.25. The summed E-state index contributed by atoms with van der Waals surface area (Å²) >= 11 is 0. The molecule has 0 aliphatic rings. The molecule has 0 spiro atoms. The van der Waals surface area contributed by atoms with E-state index in [1.165, 1.54) is 11.9 Å². The number of nitrogens with zero attached hydrogens (tertiary/aromatic N) is 2. The van der Waals surface area contributed by atoms with Crippen LogP contribution in [-0.4, -0.2) is 17.1 Å². The Labute approximate surface area is 120 Å². The monoisotopic (exact) mass is 271 g/mol. The second kappa shape index (κ2) is 5.90. The van der Waals surface area contributed by atoms with E-state index in [9.17, 15) is 0 Å². The number of nitrogens with one attached hydrogen (secondary N) is 1. The van der Waals surface area contributed by atoms with Gasteiger partial charge in [-0.25, -0.2) is 9.97 Å². The van der Waals surface area contributed by atoms with E-state index in [1.54, 1.807) is 19.5 Å². The van der Waals surface area contributed by atoms with Gasteiger partial charge in [0, 0.05) is 24.5 Å². The molecule has 0 atom stereocenters. The number of aromatic nitrogens is 2. The van der Waals surface area contributed by atoms with Crippen molar-refractivity contribution in [1.29, 1.82) is 0 Å². The number of hydrogen-bond acceptors (Lipinski definition) is 4. The third-order valence-corrected chi connectivity index (χ3v) is 3.16. The van der Waals surface area contributed by atoms with Gasteiger partial charge in [0.25, 0.3) is 0 Å². The zero-order valence-electron chi connectivity index (χ0n) is 12.5. The van der Waals surface area contributed by atoms with Gasteiger partial charge in [0.05, 0.1) is 12.8 Å². The Hall–Kier alpha value is -2.10.